The fraction of sp³-hybridized carbons (Fsp3) is 0.258. The maximum atomic E-state index is 13.3. The average molecular weight is 682 g/mol. The van der Waals surface area contributed by atoms with Crippen LogP contribution >= 0.6 is 24.0 Å². The van der Waals surface area contributed by atoms with Crippen LogP contribution in [-0.4, -0.2) is 44.1 Å². The molecule has 1 aliphatic rings. The fourth-order valence-electron chi connectivity index (χ4n) is 4.09. The summed E-state index contributed by atoms with van der Waals surface area (Å²) in [5.41, 5.74) is -3.39. The van der Waals surface area contributed by atoms with Crippen LogP contribution in [0.25, 0.3) is 17.3 Å². The second-order valence-electron chi connectivity index (χ2n) is 11.0. The second-order valence-corrected chi connectivity index (χ2v) is 12.6. The first kappa shape index (κ1) is 34.6. The molecule has 0 unspecified atom stereocenters. The number of rotatable bonds is 7. The summed E-state index contributed by atoms with van der Waals surface area (Å²) >= 11 is 6.20. The molecule has 0 spiro atoms. The Bertz CT molecular complexity index is 1680. The molecule has 0 atom stereocenters. The topological polar surface area (TPSA) is 88.6 Å². The molecule has 2 amide bonds. The van der Waals surface area contributed by atoms with Crippen molar-refractivity contribution in [3.8, 4) is 11.3 Å². The summed E-state index contributed by atoms with van der Waals surface area (Å²) in [6.45, 7) is 5.16. The zero-order valence-electron chi connectivity index (χ0n) is 24.4. The normalized spacial score (nSPS) is 15.0. The van der Waals surface area contributed by atoms with Crippen molar-refractivity contribution in [2.24, 2.45) is 0 Å². The molecule has 15 heteroatoms. The number of thioether (sulfide) groups is 1. The van der Waals surface area contributed by atoms with Crippen molar-refractivity contribution in [3.63, 3.8) is 0 Å². The van der Waals surface area contributed by atoms with Gasteiger partial charge in [-0.05, 0) is 81.4 Å². The molecule has 0 saturated carbocycles. The van der Waals surface area contributed by atoms with Crippen molar-refractivity contribution >= 4 is 57.8 Å². The van der Waals surface area contributed by atoms with Crippen LogP contribution in [0.5, 0.6) is 0 Å². The number of halogens is 6. The minimum Gasteiger partial charge on any atom is -0.456 e. The highest BCUT2D eigenvalue weighted by Gasteiger charge is 2.37. The number of ether oxygens (including phenoxy) is 1. The fourth-order valence-corrected chi connectivity index (χ4v) is 5.38. The number of amides is 2. The zero-order valence-corrected chi connectivity index (χ0v) is 26.0. The summed E-state index contributed by atoms with van der Waals surface area (Å²) < 4.78 is 85.4. The van der Waals surface area contributed by atoms with Crippen molar-refractivity contribution in [2.75, 3.05) is 11.9 Å². The maximum absolute atomic E-state index is 13.3. The molecule has 2 heterocycles. The summed E-state index contributed by atoms with van der Waals surface area (Å²) in [4.78, 5) is 43.2. The molecule has 3 aromatic rings. The number of nitrogens with one attached hydrogen (secondary N) is 1. The Morgan fingerprint density at radius 1 is 0.957 bits per heavy atom. The molecule has 1 fully saturated rings. The van der Waals surface area contributed by atoms with Gasteiger partial charge in [-0.2, -0.15) is 26.3 Å². The number of hydrogen-bond donors (Lipinski definition) is 1. The Hall–Kier alpha value is -4.24. The number of anilines is 1. The summed E-state index contributed by atoms with van der Waals surface area (Å²) in [6.07, 6.45) is -8.86. The van der Waals surface area contributed by atoms with E-state index in [1.54, 1.807) is 20.8 Å². The summed E-state index contributed by atoms with van der Waals surface area (Å²) in [5.74, 6) is -1.49. The van der Waals surface area contributed by atoms with E-state index in [-0.39, 0.29) is 39.6 Å². The number of esters is 1. The molecule has 2 aromatic carbocycles. The van der Waals surface area contributed by atoms with Gasteiger partial charge >= 0.3 is 18.3 Å². The number of thiocarbonyl (C=S) groups is 1. The second kappa shape index (κ2) is 13.2. The smallest absolute Gasteiger partial charge is 0.416 e. The molecule has 242 valence electrons. The van der Waals surface area contributed by atoms with Gasteiger partial charge in [0.1, 0.15) is 9.92 Å². The average Bonchev–Trinajstić information content (AvgIpc) is 3.21. The maximum Gasteiger partial charge on any atom is 0.416 e. The number of nitrogens with zero attached hydrogens (tertiary/aromatic N) is 2. The first-order valence-electron chi connectivity index (χ1n) is 13.5. The van der Waals surface area contributed by atoms with Crippen LogP contribution in [0.3, 0.4) is 0 Å². The number of pyridine rings is 1. The SMILES string of the molecule is CC(C)(C)OC(=O)c1ccc(NC(=O)CCN2C(=O)C(=Cc3cccc(-c4cc(C(F)(F)F)cc(C(F)(F)F)c4)n3)SC2=S)cc1. The lowest BCUT2D eigenvalue weighted by Crippen LogP contribution is -2.31. The van der Waals surface area contributed by atoms with E-state index in [1.165, 1.54) is 53.4 Å². The molecule has 0 radical (unpaired) electrons. The van der Waals surface area contributed by atoms with E-state index in [9.17, 15) is 40.7 Å². The van der Waals surface area contributed by atoms with Gasteiger partial charge in [0.2, 0.25) is 5.91 Å². The molecule has 0 aliphatic carbocycles. The molecule has 1 saturated heterocycles. The van der Waals surface area contributed by atoms with Crippen molar-refractivity contribution in [2.45, 2.75) is 45.1 Å². The number of hydrogen-bond acceptors (Lipinski definition) is 7. The molecule has 1 aliphatic heterocycles. The van der Waals surface area contributed by atoms with Crippen LogP contribution in [0.15, 0.2) is 65.6 Å². The van der Waals surface area contributed by atoms with Gasteiger partial charge in [-0.15, -0.1) is 0 Å². The van der Waals surface area contributed by atoms with Gasteiger partial charge in [-0.1, -0.05) is 30.0 Å². The monoisotopic (exact) mass is 681 g/mol. The first-order chi connectivity index (χ1) is 21.3. The van der Waals surface area contributed by atoms with E-state index in [2.05, 4.69) is 10.3 Å². The van der Waals surface area contributed by atoms with Crippen molar-refractivity contribution < 1.29 is 45.5 Å². The van der Waals surface area contributed by atoms with Crippen LogP contribution in [0.4, 0.5) is 32.0 Å². The number of carbonyl (C=O) groups is 3. The van der Waals surface area contributed by atoms with Gasteiger partial charge in [-0.25, -0.2) is 9.78 Å². The lowest BCUT2D eigenvalue weighted by molar-refractivity contribution is -0.143. The highest BCUT2D eigenvalue weighted by molar-refractivity contribution is 8.26. The Labute approximate surface area is 269 Å². The van der Waals surface area contributed by atoms with Crippen molar-refractivity contribution in [1.82, 2.24) is 9.88 Å². The van der Waals surface area contributed by atoms with Crippen molar-refractivity contribution in [1.29, 1.82) is 0 Å². The molecule has 0 bridgehead atoms. The number of alkyl halides is 6. The van der Waals surface area contributed by atoms with Crippen LogP contribution in [0.1, 0.15) is 54.4 Å². The highest BCUT2D eigenvalue weighted by Crippen LogP contribution is 2.39. The van der Waals surface area contributed by atoms with Crippen molar-refractivity contribution in [3.05, 3.63) is 88.0 Å². The molecular weight excluding hydrogens is 656 g/mol. The van der Waals surface area contributed by atoms with E-state index in [0.717, 1.165) is 11.8 Å². The summed E-state index contributed by atoms with van der Waals surface area (Å²) in [5, 5.41) is 2.66. The summed E-state index contributed by atoms with van der Waals surface area (Å²) in [7, 11) is 0. The van der Waals surface area contributed by atoms with Gasteiger partial charge in [-0.3, -0.25) is 14.5 Å². The standard InChI is InChI=1S/C31H25F6N3O4S2/c1-29(2,3)44-27(43)17-7-9-21(10-8-17)39-25(41)11-12-40-26(42)24(46-28(40)45)16-22-5-4-6-23(38-22)18-13-19(30(32,33)34)15-20(14-18)31(35,36)37/h4-10,13-16H,11-12H2,1-3H3,(H,39,41). The third-order valence-corrected chi connectivity index (χ3v) is 7.55. The first-order valence-corrected chi connectivity index (χ1v) is 14.7. The lowest BCUT2D eigenvalue weighted by atomic mass is 10.0. The van der Waals surface area contributed by atoms with Gasteiger partial charge in [0.25, 0.3) is 5.91 Å². The predicted molar refractivity (Wildman–Crippen MR) is 164 cm³/mol. The Morgan fingerprint density at radius 2 is 1.57 bits per heavy atom. The van der Waals surface area contributed by atoms with E-state index < -0.39 is 52.4 Å². The van der Waals surface area contributed by atoms with Crippen LogP contribution in [-0.2, 0) is 26.7 Å². The third-order valence-electron chi connectivity index (χ3n) is 6.17. The van der Waals surface area contributed by atoms with E-state index in [4.69, 9.17) is 17.0 Å². The van der Waals surface area contributed by atoms with E-state index in [1.807, 2.05) is 0 Å². The van der Waals surface area contributed by atoms with Gasteiger partial charge in [0, 0.05) is 24.2 Å². The van der Waals surface area contributed by atoms with Crippen LogP contribution in [0.2, 0.25) is 0 Å². The predicted octanol–water partition coefficient (Wildman–Crippen LogP) is 7.97. The third kappa shape index (κ3) is 8.94. The molecule has 7 nitrogen and oxygen atoms in total. The van der Waals surface area contributed by atoms with E-state index >= 15 is 0 Å². The van der Waals surface area contributed by atoms with Gasteiger partial charge < -0.3 is 10.1 Å². The number of benzene rings is 2. The zero-order chi connectivity index (χ0) is 34.0. The van der Waals surface area contributed by atoms with E-state index in [0.29, 0.717) is 23.4 Å². The highest BCUT2D eigenvalue weighted by atomic mass is 32.2. The largest absolute Gasteiger partial charge is 0.456 e. The number of aromatic nitrogens is 1. The van der Waals surface area contributed by atoms with Gasteiger partial charge in [0.15, 0.2) is 0 Å². The molecule has 46 heavy (non-hydrogen) atoms. The quantitative estimate of drug-likeness (QED) is 0.117. The molecule has 1 aromatic heterocycles. The Kier molecular flexibility index (Phi) is 9.97. The van der Waals surface area contributed by atoms with Crippen LogP contribution in [0, 0.1) is 0 Å². The molecule has 1 N–H and O–H groups in total. The Morgan fingerprint density at radius 3 is 2.13 bits per heavy atom. The minimum absolute atomic E-state index is 0.0291. The number of carbonyl (C=O) groups excluding carboxylic acids is 3. The van der Waals surface area contributed by atoms with Crippen LogP contribution < -0.4 is 5.32 Å². The Balaban J connectivity index is 1.43. The summed E-state index contributed by atoms with van der Waals surface area (Å²) in [6, 6.07) is 11.3. The molecular formula is C31H25F6N3O4S2. The lowest BCUT2D eigenvalue weighted by Gasteiger charge is -2.19. The minimum atomic E-state index is -5.02. The molecule has 4 rings (SSSR count). The van der Waals surface area contributed by atoms with Gasteiger partial charge in [0.05, 0.1) is 33.0 Å².